The Morgan fingerprint density at radius 1 is 1.33 bits per heavy atom. The van der Waals surface area contributed by atoms with Gasteiger partial charge in [0, 0.05) is 5.57 Å². The third-order valence-electron chi connectivity index (χ3n) is 2.73. The second-order valence-corrected chi connectivity index (χ2v) is 4.50. The molecular weight excluding hydrogens is 194 g/mol. The van der Waals surface area contributed by atoms with Crippen LogP contribution >= 0.6 is 0 Å². The Bertz CT molecular complexity index is 329. The lowest BCUT2D eigenvalue weighted by Gasteiger charge is -2.21. The maximum Gasteiger partial charge on any atom is 0.328 e. The normalized spacial score (nSPS) is 16.7. The molecule has 0 spiro atoms. The number of hydrogen-bond donors (Lipinski definition) is 2. The molecule has 1 aliphatic rings. The van der Waals surface area contributed by atoms with Gasteiger partial charge in [0.15, 0.2) is 0 Å². The number of amides is 1. The molecule has 1 amide bonds. The predicted molar refractivity (Wildman–Crippen MR) is 56.4 cm³/mol. The number of carboxylic acid groups (broad SMARTS) is 1. The fourth-order valence-corrected chi connectivity index (χ4v) is 1.61. The summed E-state index contributed by atoms with van der Waals surface area (Å²) < 4.78 is 0. The quantitative estimate of drug-likeness (QED) is 0.742. The monoisotopic (exact) mass is 211 g/mol. The second kappa shape index (κ2) is 4.04. The molecule has 0 saturated heterocycles. The van der Waals surface area contributed by atoms with Gasteiger partial charge in [-0.1, -0.05) is 5.57 Å². The summed E-state index contributed by atoms with van der Waals surface area (Å²) in [6, 6.07) is 0. The largest absolute Gasteiger partial charge is 0.480 e. The number of nitrogens with one attached hydrogen (secondary N) is 1. The lowest BCUT2D eigenvalue weighted by Crippen LogP contribution is -2.50. The fourth-order valence-electron chi connectivity index (χ4n) is 1.61. The number of aliphatic carboxylic acids is 1. The van der Waals surface area contributed by atoms with E-state index < -0.39 is 11.5 Å². The number of carbonyl (C=O) groups is 2. The molecule has 1 rings (SSSR count). The van der Waals surface area contributed by atoms with Gasteiger partial charge in [-0.2, -0.15) is 0 Å². The van der Waals surface area contributed by atoms with Crippen LogP contribution in [0, 0.1) is 0 Å². The average molecular weight is 211 g/mol. The van der Waals surface area contributed by atoms with E-state index in [1.54, 1.807) is 0 Å². The first-order valence-corrected chi connectivity index (χ1v) is 5.09. The number of rotatable bonds is 3. The number of carbonyl (C=O) groups excluding carboxylic acids is 1. The first-order valence-electron chi connectivity index (χ1n) is 5.09. The molecule has 0 aliphatic heterocycles. The van der Waals surface area contributed by atoms with E-state index >= 15 is 0 Å². The number of allylic oxidation sites excluding steroid dienone is 1. The molecular formula is C11H17NO3. The second-order valence-electron chi connectivity index (χ2n) is 4.50. The molecule has 0 unspecified atom stereocenters. The van der Waals surface area contributed by atoms with Gasteiger partial charge in [0.2, 0.25) is 5.91 Å². The van der Waals surface area contributed by atoms with E-state index in [0.717, 1.165) is 30.4 Å². The van der Waals surface area contributed by atoms with Crippen molar-refractivity contribution in [1.29, 1.82) is 0 Å². The molecule has 4 nitrogen and oxygen atoms in total. The van der Waals surface area contributed by atoms with E-state index in [1.165, 1.54) is 13.8 Å². The molecule has 0 fully saturated rings. The summed E-state index contributed by atoms with van der Waals surface area (Å²) in [6.45, 7) is 4.89. The number of hydrogen-bond acceptors (Lipinski definition) is 2. The van der Waals surface area contributed by atoms with Crippen molar-refractivity contribution in [3.63, 3.8) is 0 Å². The molecule has 0 aromatic rings. The highest BCUT2D eigenvalue weighted by molar-refractivity contribution is 5.97. The van der Waals surface area contributed by atoms with Gasteiger partial charge in [-0.15, -0.1) is 0 Å². The van der Waals surface area contributed by atoms with Gasteiger partial charge in [-0.25, -0.2) is 4.79 Å². The Balaban J connectivity index is 2.72. The maximum atomic E-state index is 11.7. The minimum atomic E-state index is -1.20. The topological polar surface area (TPSA) is 66.4 Å². The first-order chi connectivity index (χ1) is 6.84. The fraction of sp³-hybridized carbons (Fsp3) is 0.636. The van der Waals surface area contributed by atoms with Crippen LogP contribution in [0.5, 0.6) is 0 Å². The van der Waals surface area contributed by atoms with E-state index in [-0.39, 0.29) is 5.91 Å². The third kappa shape index (κ3) is 2.58. The molecule has 0 heterocycles. The van der Waals surface area contributed by atoms with Crippen molar-refractivity contribution in [3.05, 3.63) is 11.1 Å². The Hall–Kier alpha value is -1.32. The Kier molecular flexibility index (Phi) is 3.17. The Morgan fingerprint density at radius 3 is 2.33 bits per heavy atom. The highest BCUT2D eigenvalue weighted by Gasteiger charge is 2.31. The molecule has 1 aliphatic carbocycles. The van der Waals surface area contributed by atoms with Gasteiger partial charge in [-0.05, 0) is 40.0 Å². The van der Waals surface area contributed by atoms with Crippen LogP contribution in [0.15, 0.2) is 11.1 Å². The highest BCUT2D eigenvalue weighted by atomic mass is 16.4. The summed E-state index contributed by atoms with van der Waals surface area (Å²) in [5.41, 5.74) is 0.630. The first kappa shape index (κ1) is 11.8. The van der Waals surface area contributed by atoms with Crippen LogP contribution in [-0.4, -0.2) is 22.5 Å². The van der Waals surface area contributed by atoms with Crippen molar-refractivity contribution >= 4 is 11.9 Å². The van der Waals surface area contributed by atoms with Crippen LogP contribution in [0.2, 0.25) is 0 Å². The van der Waals surface area contributed by atoms with Crippen molar-refractivity contribution in [1.82, 2.24) is 5.32 Å². The van der Waals surface area contributed by atoms with Crippen molar-refractivity contribution in [2.45, 2.75) is 45.6 Å². The zero-order chi connectivity index (χ0) is 11.6. The van der Waals surface area contributed by atoms with E-state index in [9.17, 15) is 9.59 Å². The van der Waals surface area contributed by atoms with Crippen LogP contribution in [0.4, 0.5) is 0 Å². The molecule has 84 valence electrons. The highest BCUT2D eigenvalue weighted by Crippen LogP contribution is 2.25. The summed E-state index contributed by atoms with van der Waals surface area (Å²) in [5, 5.41) is 11.4. The summed E-state index contributed by atoms with van der Waals surface area (Å²) in [4.78, 5) is 22.6. The van der Waals surface area contributed by atoms with E-state index in [1.807, 2.05) is 6.92 Å². The van der Waals surface area contributed by atoms with Crippen LogP contribution < -0.4 is 5.32 Å². The molecule has 15 heavy (non-hydrogen) atoms. The van der Waals surface area contributed by atoms with Crippen molar-refractivity contribution in [2.75, 3.05) is 0 Å². The van der Waals surface area contributed by atoms with E-state index in [2.05, 4.69) is 5.32 Å². The van der Waals surface area contributed by atoms with Gasteiger partial charge >= 0.3 is 5.97 Å². The van der Waals surface area contributed by atoms with Crippen LogP contribution in [0.25, 0.3) is 0 Å². The van der Waals surface area contributed by atoms with Crippen molar-refractivity contribution in [2.24, 2.45) is 0 Å². The molecule has 0 atom stereocenters. The zero-order valence-corrected chi connectivity index (χ0v) is 9.39. The molecule has 0 aromatic carbocycles. The third-order valence-corrected chi connectivity index (χ3v) is 2.73. The van der Waals surface area contributed by atoms with Gasteiger partial charge in [-0.3, -0.25) is 4.79 Å². The molecule has 4 heteroatoms. The molecule has 0 radical (unpaired) electrons. The summed E-state index contributed by atoms with van der Waals surface area (Å²) >= 11 is 0. The van der Waals surface area contributed by atoms with E-state index in [0.29, 0.717) is 0 Å². The lowest BCUT2D eigenvalue weighted by molar-refractivity contribution is -0.145. The minimum absolute atomic E-state index is 0.239. The van der Waals surface area contributed by atoms with Crippen LogP contribution in [-0.2, 0) is 9.59 Å². The standard InChI is InChI=1S/C11H17NO3/c1-7-5-4-6-8(7)9(13)12-11(2,3)10(14)15/h4-6H2,1-3H3,(H,12,13)(H,14,15). The van der Waals surface area contributed by atoms with Crippen molar-refractivity contribution < 1.29 is 14.7 Å². The molecule has 2 N–H and O–H groups in total. The Labute approximate surface area is 89.4 Å². The Morgan fingerprint density at radius 2 is 1.93 bits per heavy atom. The molecule has 0 aromatic heterocycles. The lowest BCUT2D eigenvalue weighted by atomic mass is 10.0. The van der Waals surface area contributed by atoms with Gasteiger partial charge in [0.05, 0.1) is 0 Å². The maximum absolute atomic E-state index is 11.7. The smallest absolute Gasteiger partial charge is 0.328 e. The average Bonchev–Trinajstić information content (AvgIpc) is 2.50. The molecule has 0 bridgehead atoms. The van der Waals surface area contributed by atoms with Crippen LogP contribution in [0.3, 0.4) is 0 Å². The minimum Gasteiger partial charge on any atom is -0.480 e. The zero-order valence-electron chi connectivity index (χ0n) is 9.39. The molecule has 0 saturated carbocycles. The van der Waals surface area contributed by atoms with Gasteiger partial charge in [0.1, 0.15) is 5.54 Å². The van der Waals surface area contributed by atoms with Crippen LogP contribution in [0.1, 0.15) is 40.0 Å². The SMILES string of the molecule is CC1=C(C(=O)NC(C)(C)C(=O)O)CCC1. The van der Waals surface area contributed by atoms with Gasteiger partial charge < -0.3 is 10.4 Å². The number of carboxylic acids is 1. The predicted octanol–water partition coefficient (Wildman–Crippen LogP) is 1.47. The summed E-state index contributed by atoms with van der Waals surface area (Å²) in [5.74, 6) is -1.26. The van der Waals surface area contributed by atoms with Gasteiger partial charge in [0.25, 0.3) is 0 Å². The van der Waals surface area contributed by atoms with Crippen molar-refractivity contribution in [3.8, 4) is 0 Å². The summed E-state index contributed by atoms with van der Waals surface area (Å²) in [7, 11) is 0. The van der Waals surface area contributed by atoms with E-state index in [4.69, 9.17) is 5.11 Å². The summed E-state index contributed by atoms with van der Waals surface area (Å²) in [6.07, 6.45) is 2.69.